The van der Waals surface area contributed by atoms with Gasteiger partial charge in [0.1, 0.15) is 5.82 Å². The first-order chi connectivity index (χ1) is 11.5. The normalized spacial score (nSPS) is 16.7. The molecule has 0 radical (unpaired) electrons. The number of nitrogens with two attached hydrogens (primary N) is 1. The van der Waals surface area contributed by atoms with E-state index in [1.807, 2.05) is 18.2 Å². The maximum Gasteiger partial charge on any atom is 0.226 e. The lowest BCUT2D eigenvalue weighted by atomic mass is 9.91. The van der Waals surface area contributed by atoms with Crippen molar-refractivity contribution in [2.24, 2.45) is 5.92 Å². The first kappa shape index (κ1) is 16.6. The van der Waals surface area contributed by atoms with E-state index < -0.39 is 0 Å². The molecule has 0 aliphatic carbocycles. The third kappa shape index (κ3) is 3.31. The van der Waals surface area contributed by atoms with Crippen molar-refractivity contribution in [2.45, 2.75) is 26.2 Å². The molecule has 1 aliphatic heterocycles. The number of carbonyl (C=O) groups excluding carboxylic acids is 1. The van der Waals surface area contributed by atoms with Crippen LogP contribution >= 0.6 is 11.3 Å². The zero-order chi connectivity index (χ0) is 17.3. The number of thiazole rings is 1. The van der Waals surface area contributed by atoms with Gasteiger partial charge in [0, 0.05) is 12.3 Å². The summed E-state index contributed by atoms with van der Waals surface area (Å²) >= 11 is 1.41. The summed E-state index contributed by atoms with van der Waals surface area (Å²) in [6, 6.07) is 5.80. The minimum atomic E-state index is -0.0726. The number of fused-ring (bicyclic) bond motifs is 1. The number of benzene rings is 1. The van der Waals surface area contributed by atoms with E-state index in [4.69, 9.17) is 15.2 Å². The Hall–Kier alpha value is -2.28. The van der Waals surface area contributed by atoms with E-state index in [1.165, 1.54) is 11.3 Å². The summed E-state index contributed by atoms with van der Waals surface area (Å²) < 4.78 is 11.3. The largest absolute Gasteiger partial charge is 0.493 e. The minimum absolute atomic E-state index is 0.0584. The van der Waals surface area contributed by atoms with E-state index in [0.29, 0.717) is 41.4 Å². The Bertz CT molecular complexity index is 758. The number of carbonyl (C=O) groups is 1. The molecule has 1 amide bonds. The highest BCUT2D eigenvalue weighted by atomic mass is 32.1. The molecule has 1 atom stereocenters. The first-order valence-corrected chi connectivity index (χ1v) is 8.66. The number of aromatic nitrogens is 1. The molecule has 3 N–H and O–H groups in total. The number of nitrogens with one attached hydrogen (secondary N) is 1. The molecule has 1 aliphatic rings. The molecule has 1 aromatic carbocycles. The van der Waals surface area contributed by atoms with E-state index in [1.54, 1.807) is 7.11 Å². The minimum Gasteiger partial charge on any atom is -0.493 e. The third-order valence-corrected chi connectivity index (χ3v) is 4.79. The monoisotopic (exact) mass is 347 g/mol. The maximum absolute atomic E-state index is 12.0. The number of hydrogen-bond donors (Lipinski definition) is 2. The van der Waals surface area contributed by atoms with Crippen molar-refractivity contribution < 1.29 is 14.3 Å². The molecule has 0 saturated carbocycles. The third-order valence-electron chi connectivity index (χ3n) is 3.80. The number of nitrogen functional groups attached to an aromatic ring is 1. The summed E-state index contributed by atoms with van der Waals surface area (Å²) in [5, 5.41) is 3.23. The lowest BCUT2D eigenvalue weighted by molar-refractivity contribution is -0.116. The molecule has 6 nitrogen and oxygen atoms in total. The van der Waals surface area contributed by atoms with Gasteiger partial charge in [0.2, 0.25) is 5.91 Å². The Morgan fingerprint density at radius 2 is 2.21 bits per heavy atom. The number of hydrogen-bond acceptors (Lipinski definition) is 6. The van der Waals surface area contributed by atoms with Crippen LogP contribution in [-0.4, -0.2) is 24.6 Å². The molecule has 0 saturated heterocycles. The summed E-state index contributed by atoms with van der Waals surface area (Å²) in [6.07, 6.45) is 0.365. The van der Waals surface area contributed by atoms with Gasteiger partial charge < -0.3 is 20.5 Å². The van der Waals surface area contributed by atoms with Gasteiger partial charge in [-0.1, -0.05) is 31.3 Å². The highest BCUT2D eigenvalue weighted by Crippen LogP contribution is 2.43. The molecule has 3 rings (SSSR count). The van der Waals surface area contributed by atoms with Crippen LogP contribution < -0.4 is 20.5 Å². The van der Waals surface area contributed by atoms with Gasteiger partial charge in [-0.05, 0) is 23.6 Å². The second-order valence-electron chi connectivity index (χ2n) is 6.18. The lowest BCUT2D eigenvalue weighted by Gasteiger charge is -2.22. The van der Waals surface area contributed by atoms with E-state index in [9.17, 15) is 4.79 Å². The van der Waals surface area contributed by atoms with Crippen molar-refractivity contribution in [3.05, 3.63) is 28.6 Å². The first-order valence-electron chi connectivity index (χ1n) is 7.84. The SMILES string of the molecule is COc1cc([C@@H]2CC(=O)Nc3nc(N)sc32)ccc1OCC(C)C. The standard InChI is InChI=1S/C17H21N3O3S/c1-9(2)8-23-12-5-4-10(6-13(12)22-3)11-7-14(21)19-16-15(11)24-17(18)20-16/h4-6,9,11H,7-8H2,1-3H3,(H2,18,20)(H,19,21)/t11-/m0/s1. The number of anilines is 2. The lowest BCUT2D eigenvalue weighted by Crippen LogP contribution is -2.22. The van der Waals surface area contributed by atoms with Gasteiger partial charge in [0.05, 0.1) is 18.6 Å². The summed E-state index contributed by atoms with van der Waals surface area (Å²) in [5.74, 6) is 2.24. The summed E-state index contributed by atoms with van der Waals surface area (Å²) in [4.78, 5) is 17.1. The van der Waals surface area contributed by atoms with Crippen LogP contribution in [0.2, 0.25) is 0 Å². The van der Waals surface area contributed by atoms with E-state index in [0.717, 1.165) is 10.4 Å². The molecule has 0 unspecified atom stereocenters. The van der Waals surface area contributed by atoms with Gasteiger partial charge in [0.15, 0.2) is 16.6 Å². The highest BCUT2D eigenvalue weighted by Gasteiger charge is 2.30. The molecule has 128 valence electrons. The molecule has 0 bridgehead atoms. The van der Waals surface area contributed by atoms with Crippen molar-refractivity contribution in [1.82, 2.24) is 4.98 Å². The molecule has 24 heavy (non-hydrogen) atoms. The molecule has 7 heteroatoms. The number of rotatable bonds is 5. The number of amides is 1. The Balaban J connectivity index is 1.93. The van der Waals surface area contributed by atoms with Gasteiger partial charge in [-0.2, -0.15) is 0 Å². The average Bonchev–Trinajstić information content (AvgIpc) is 2.91. The highest BCUT2D eigenvalue weighted by molar-refractivity contribution is 7.16. The van der Waals surface area contributed by atoms with Crippen LogP contribution in [-0.2, 0) is 4.79 Å². The topological polar surface area (TPSA) is 86.5 Å². The fourth-order valence-electron chi connectivity index (χ4n) is 2.68. The number of nitrogens with zero attached hydrogens (tertiary/aromatic N) is 1. The van der Waals surface area contributed by atoms with Crippen LogP contribution in [0.1, 0.15) is 36.6 Å². The molecule has 0 spiro atoms. The Labute approximate surface area is 145 Å². The van der Waals surface area contributed by atoms with Gasteiger partial charge >= 0.3 is 0 Å². The molecule has 0 fully saturated rings. The Morgan fingerprint density at radius 3 is 2.92 bits per heavy atom. The zero-order valence-electron chi connectivity index (χ0n) is 14.0. The van der Waals surface area contributed by atoms with Crippen molar-refractivity contribution in [2.75, 3.05) is 24.8 Å². The van der Waals surface area contributed by atoms with Gasteiger partial charge in [-0.25, -0.2) is 4.98 Å². The van der Waals surface area contributed by atoms with Crippen molar-refractivity contribution >= 4 is 28.2 Å². The van der Waals surface area contributed by atoms with Crippen molar-refractivity contribution in [3.8, 4) is 11.5 Å². The predicted octanol–water partition coefficient (Wildman–Crippen LogP) is 3.24. The van der Waals surface area contributed by atoms with Crippen LogP contribution in [0.15, 0.2) is 18.2 Å². The molecule has 1 aromatic heterocycles. The smallest absolute Gasteiger partial charge is 0.226 e. The quantitative estimate of drug-likeness (QED) is 0.867. The molecular formula is C17H21N3O3S. The number of ether oxygens (including phenoxy) is 2. The second-order valence-corrected chi connectivity index (χ2v) is 7.25. The van der Waals surface area contributed by atoms with Crippen LogP contribution in [0.25, 0.3) is 0 Å². The fourth-order valence-corrected chi connectivity index (χ4v) is 3.60. The summed E-state index contributed by atoms with van der Waals surface area (Å²) in [6.45, 7) is 4.81. The zero-order valence-corrected chi connectivity index (χ0v) is 14.8. The molecular weight excluding hydrogens is 326 g/mol. The van der Waals surface area contributed by atoms with Crippen LogP contribution in [0, 0.1) is 5.92 Å². The van der Waals surface area contributed by atoms with Crippen LogP contribution in [0.3, 0.4) is 0 Å². The molecule has 2 aromatic rings. The Kier molecular flexibility index (Phi) is 4.62. The van der Waals surface area contributed by atoms with E-state index >= 15 is 0 Å². The van der Waals surface area contributed by atoms with Gasteiger partial charge in [-0.15, -0.1) is 0 Å². The van der Waals surface area contributed by atoms with Crippen molar-refractivity contribution in [3.63, 3.8) is 0 Å². The van der Waals surface area contributed by atoms with E-state index in [2.05, 4.69) is 24.1 Å². The van der Waals surface area contributed by atoms with E-state index in [-0.39, 0.29) is 11.8 Å². The van der Waals surface area contributed by atoms with Crippen LogP contribution in [0.4, 0.5) is 10.9 Å². The van der Waals surface area contributed by atoms with Crippen LogP contribution in [0.5, 0.6) is 11.5 Å². The van der Waals surface area contributed by atoms with Crippen molar-refractivity contribution in [1.29, 1.82) is 0 Å². The van der Waals surface area contributed by atoms with Gasteiger partial charge in [-0.3, -0.25) is 4.79 Å². The Morgan fingerprint density at radius 1 is 1.42 bits per heavy atom. The summed E-state index contributed by atoms with van der Waals surface area (Å²) in [7, 11) is 1.62. The number of methoxy groups -OCH3 is 1. The van der Waals surface area contributed by atoms with Gasteiger partial charge in [0.25, 0.3) is 0 Å². The second kappa shape index (κ2) is 6.68. The maximum atomic E-state index is 12.0. The average molecular weight is 347 g/mol. The fraction of sp³-hybridized carbons (Fsp3) is 0.412. The predicted molar refractivity (Wildman–Crippen MR) is 94.9 cm³/mol. The molecule has 2 heterocycles. The summed E-state index contributed by atoms with van der Waals surface area (Å²) in [5.41, 5.74) is 6.79.